The number of nitrogens with zero attached hydrogens (tertiary/aromatic N) is 1. The van der Waals surface area contributed by atoms with Crippen molar-refractivity contribution in [2.45, 2.75) is 26.2 Å². The number of phenols is 1. The lowest BCUT2D eigenvalue weighted by molar-refractivity contribution is 0.475. The minimum atomic E-state index is 0.321. The number of aromatic hydroxyl groups is 1. The van der Waals surface area contributed by atoms with E-state index in [-0.39, 0.29) is 0 Å². The lowest BCUT2D eigenvalue weighted by Crippen LogP contribution is -1.94. The Morgan fingerprint density at radius 1 is 1.38 bits per heavy atom. The highest BCUT2D eigenvalue weighted by molar-refractivity contribution is 6.05. The van der Waals surface area contributed by atoms with Gasteiger partial charge in [-0.3, -0.25) is 4.99 Å². The summed E-state index contributed by atoms with van der Waals surface area (Å²) < 4.78 is 0. The zero-order valence-corrected chi connectivity index (χ0v) is 9.61. The van der Waals surface area contributed by atoms with Gasteiger partial charge in [-0.15, -0.1) is 0 Å². The van der Waals surface area contributed by atoms with Gasteiger partial charge in [0.25, 0.3) is 0 Å². The van der Waals surface area contributed by atoms with Gasteiger partial charge in [-0.2, -0.15) is 0 Å². The number of hydrogen-bond donors (Lipinski definition) is 1. The van der Waals surface area contributed by atoms with Crippen molar-refractivity contribution in [3.05, 3.63) is 35.4 Å². The van der Waals surface area contributed by atoms with Gasteiger partial charge in [0.1, 0.15) is 5.75 Å². The predicted octanol–water partition coefficient (Wildman–Crippen LogP) is 3.42. The first-order valence-corrected chi connectivity index (χ1v) is 5.83. The van der Waals surface area contributed by atoms with Crippen molar-refractivity contribution in [2.24, 2.45) is 4.99 Å². The number of phenolic OH excluding ortho intramolecular Hbond substituents is 1. The third-order valence-corrected chi connectivity index (χ3v) is 2.79. The van der Waals surface area contributed by atoms with Gasteiger partial charge in [0, 0.05) is 12.3 Å². The molecule has 2 nitrogen and oxygen atoms in total. The summed E-state index contributed by atoms with van der Waals surface area (Å²) >= 11 is 0. The molecule has 2 rings (SSSR count). The Morgan fingerprint density at radius 3 is 3.00 bits per heavy atom. The lowest BCUT2D eigenvalue weighted by Gasteiger charge is -2.01. The molecule has 0 heterocycles. The number of rotatable bonds is 2. The van der Waals surface area contributed by atoms with Gasteiger partial charge in [-0.25, -0.2) is 0 Å². The molecule has 1 aliphatic rings. The Kier molecular flexibility index (Phi) is 3.40. The van der Waals surface area contributed by atoms with Crippen LogP contribution in [0.1, 0.15) is 31.7 Å². The van der Waals surface area contributed by atoms with E-state index in [2.05, 4.69) is 18.0 Å². The van der Waals surface area contributed by atoms with Crippen LogP contribution in [0.5, 0.6) is 5.75 Å². The van der Waals surface area contributed by atoms with E-state index in [0.717, 1.165) is 24.9 Å². The average molecular weight is 215 g/mol. The fourth-order valence-electron chi connectivity index (χ4n) is 2.09. The van der Waals surface area contributed by atoms with Gasteiger partial charge in [0.2, 0.25) is 0 Å². The van der Waals surface area contributed by atoms with Crippen molar-refractivity contribution in [3.63, 3.8) is 0 Å². The Hall–Kier alpha value is -1.57. The molecule has 84 valence electrons. The molecule has 2 heteroatoms. The summed E-state index contributed by atoms with van der Waals surface area (Å²) in [5.41, 5.74) is 3.62. The summed E-state index contributed by atoms with van der Waals surface area (Å²) in [4.78, 5) is 4.51. The van der Waals surface area contributed by atoms with Crippen LogP contribution in [0.25, 0.3) is 6.08 Å². The van der Waals surface area contributed by atoms with Crippen molar-refractivity contribution < 1.29 is 5.11 Å². The summed E-state index contributed by atoms with van der Waals surface area (Å²) in [5, 5.41) is 9.40. The first-order chi connectivity index (χ1) is 7.79. The predicted molar refractivity (Wildman–Crippen MR) is 67.9 cm³/mol. The van der Waals surface area contributed by atoms with E-state index in [1.807, 2.05) is 12.1 Å². The Bertz CT molecular complexity index is 432. The first-order valence-electron chi connectivity index (χ1n) is 5.83. The molecule has 1 aromatic carbocycles. The van der Waals surface area contributed by atoms with Crippen LogP contribution >= 0.6 is 0 Å². The molecule has 1 aromatic rings. The standard InChI is InChI=1S/C14H17NO/c1-2-15-14-8-4-6-12(14)9-11-5-3-7-13(16)10-11/h3,5,7,9-10,16H,2,4,6,8H2,1H3/b12-9-,15-14-. The SMILES string of the molecule is CC/N=C1/CCC/C1=C/c1cccc(O)c1. The van der Waals surface area contributed by atoms with Crippen molar-refractivity contribution in [1.82, 2.24) is 0 Å². The molecule has 0 saturated heterocycles. The second-order valence-corrected chi connectivity index (χ2v) is 4.04. The monoisotopic (exact) mass is 215 g/mol. The second kappa shape index (κ2) is 4.97. The highest BCUT2D eigenvalue weighted by atomic mass is 16.3. The van der Waals surface area contributed by atoms with E-state index in [0.29, 0.717) is 5.75 Å². The molecule has 0 bridgehead atoms. The molecule has 1 fully saturated rings. The Morgan fingerprint density at radius 2 is 2.25 bits per heavy atom. The molecule has 0 spiro atoms. The normalized spacial score (nSPS) is 20.8. The number of aliphatic imine (C=N–C) groups is 1. The maximum atomic E-state index is 9.40. The molecular weight excluding hydrogens is 198 g/mol. The van der Waals surface area contributed by atoms with Crippen LogP contribution in [-0.4, -0.2) is 17.4 Å². The highest BCUT2D eigenvalue weighted by Gasteiger charge is 2.14. The molecule has 1 aliphatic carbocycles. The van der Waals surface area contributed by atoms with Gasteiger partial charge < -0.3 is 5.11 Å². The average Bonchev–Trinajstić information content (AvgIpc) is 2.66. The number of benzene rings is 1. The quantitative estimate of drug-likeness (QED) is 0.805. The fourth-order valence-corrected chi connectivity index (χ4v) is 2.09. The van der Waals surface area contributed by atoms with Crippen LogP contribution in [0.4, 0.5) is 0 Å². The van der Waals surface area contributed by atoms with Crippen LogP contribution in [-0.2, 0) is 0 Å². The zero-order chi connectivity index (χ0) is 11.4. The molecular formula is C14H17NO. The first kappa shape index (κ1) is 10.9. The van der Waals surface area contributed by atoms with E-state index in [9.17, 15) is 5.11 Å². The largest absolute Gasteiger partial charge is 0.508 e. The van der Waals surface area contributed by atoms with Crippen LogP contribution in [0.3, 0.4) is 0 Å². The fraction of sp³-hybridized carbons (Fsp3) is 0.357. The van der Waals surface area contributed by atoms with Crippen LogP contribution in [0.2, 0.25) is 0 Å². The minimum Gasteiger partial charge on any atom is -0.508 e. The minimum absolute atomic E-state index is 0.321. The molecule has 0 radical (unpaired) electrons. The van der Waals surface area contributed by atoms with Crippen LogP contribution in [0.15, 0.2) is 34.8 Å². The molecule has 0 amide bonds. The molecule has 0 aromatic heterocycles. The topological polar surface area (TPSA) is 32.6 Å². The third-order valence-electron chi connectivity index (χ3n) is 2.79. The van der Waals surface area contributed by atoms with Gasteiger partial charge in [0.05, 0.1) is 0 Å². The van der Waals surface area contributed by atoms with Crippen molar-refractivity contribution in [2.75, 3.05) is 6.54 Å². The van der Waals surface area contributed by atoms with E-state index < -0.39 is 0 Å². The Labute approximate surface area is 96.3 Å². The highest BCUT2D eigenvalue weighted by Crippen LogP contribution is 2.25. The summed E-state index contributed by atoms with van der Waals surface area (Å²) in [6.07, 6.45) is 5.54. The zero-order valence-electron chi connectivity index (χ0n) is 9.61. The number of hydrogen-bond acceptors (Lipinski definition) is 2. The maximum Gasteiger partial charge on any atom is 0.116 e. The summed E-state index contributed by atoms with van der Waals surface area (Å²) in [7, 11) is 0. The summed E-state index contributed by atoms with van der Waals surface area (Å²) in [5.74, 6) is 0.321. The van der Waals surface area contributed by atoms with Crippen molar-refractivity contribution >= 4 is 11.8 Å². The summed E-state index contributed by atoms with van der Waals surface area (Å²) in [6, 6.07) is 7.36. The third kappa shape index (κ3) is 2.51. The molecule has 0 atom stereocenters. The smallest absolute Gasteiger partial charge is 0.116 e. The van der Waals surface area contributed by atoms with Crippen molar-refractivity contribution in [3.8, 4) is 5.75 Å². The maximum absolute atomic E-state index is 9.40. The summed E-state index contributed by atoms with van der Waals surface area (Å²) in [6.45, 7) is 2.92. The van der Waals surface area contributed by atoms with Crippen LogP contribution in [0, 0.1) is 0 Å². The Balaban J connectivity index is 2.27. The van der Waals surface area contributed by atoms with Crippen molar-refractivity contribution in [1.29, 1.82) is 0 Å². The second-order valence-electron chi connectivity index (χ2n) is 4.04. The van der Waals surface area contributed by atoms with Gasteiger partial charge in [-0.05, 0) is 55.5 Å². The number of allylic oxidation sites excluding steroid dienone is 1. The molecule has 16 heavy (non-hydrogen) atoms. The molecule has 1 N–H and O–H groups in total. The van der Waals surface area contributed by atoms with Gasteiger partial charge in [0.15, 0.2) is 0 Å². The van der Waals surface area contributed by atoms with E-state index in [1.54, 1.807) is 12.1 Å². The van der Waals surface area contributed by atoms with E-state index >= 15 is 0 Å². The molecule has 0 unspecified atom stereocenters. The van der Waals surface area contributed by atoms with Crippen LogP contribution < -0.4 is 0 Å². The van der Waals surface area contributed by atoms with Gasteiger partial charge in [-0.1, -0.05) is 12.1 Å². The lowest BCUT2D eigenvalue weighted by atomic mass is 10.1. The van der Waals surface area contributed by atoms with E-state index in [1.165, 1.54) is 17.7 Å². The van der Waals surface area contributed by atoms with E-state index in [4.69, 9.17) is 0 Å². The molecule has 0 aliphatic heterocycles. The molecule has 1 saturated carbocycles. The van der Waals surface area contributed by atoms with Gasteiger partial charge >= 0.3 is 0 Å².